The highest BCUT2D eigenvalue weighted by atomic mass is 35.5. The Balaban J connectivity index is 1.77. The normalized spacial score (nSPS) is 15.6. The van der Waals surface area contributed by atoms with Crippen molar-refractivity contribution in [3.8, 4) is 0 Å². The number of ether oxygens (including phenoxy) is 1. The van der Waals surface area contributed by atoms with Crippen LogP contribution in [0.5, 0.6) is 0 Å². The summed E-state index contributed by atoms with van der Waals surface area (Å²) < 4.78 is 34.5. The van der Waals surface area contributed by atoms with Gasteiger partial charge in [-0.25, -0.2) is 8.78 Å². The summed E-state index contributed by atoms with van der Waals surface area (Å²) in [6, 6.07) is 3.74. The van der Waals surface area contributed by atoms with Crippen LogP contribution in [-0.4, -0.2) is 37.8 Å². The van der Waals surface area contributed by atoms with Crippen LogP contribution >= 0.6 is 23.2 Å². The van der Waals surface area contributed by atoms with Crippen molar-refractivity contribution < 1.29 is 18.3 Å². The van der Waals surface area contributed by atoms with E-state index in [2.05, 4.69) is 10.6 Å². The van der Waals surface area contributed by atoms with Crippen LogP contribution in [-0.2, 0) is 4.74 Å². The lowest BCUT2D eigenvalue weighted by atomic mass is 9.90. The van der Waals surface area contributed by atoms with E-state index in [-0.39, 0.29) is 36.0 Å². The van der Waals surface area contributed by atoms with Gasteiger partial charge in [-0.15, -0.1) is 0 Å². The van der Waals surface area contributed by atoms with Gasteiger partial charge < -0.3 is 15.4 Å². The first-order valence-corrected chi connectivity index (χ1v) is 11.4. The van der Waals surface area contributed by atoms with Crippen LogP contribution in [0.3, 0.4) is 0 Å². The van der Waals surface area contributed by atoms with Gasteiger partial charge in [-0.1, -0.05) is 49.2 Å². The van der Waals surface area contributed by atoms with Crippen LogP contribution in [0, 0.1) is 11.7 Å². The molecular formula is C24H30Cl2F2N2O2. The number of allylic oxidation sites excluding steroid dienone is 5. The smallest absolute Gasteiger partial charge is 0.251 e. The third-order valence-electron chi connectivity index (χ3n) is 4.86. The molecule has 1 aromatic rings. The summed E-state index contributed by atoms with van der Waals surface area (Å²) in [5.74, 6) is -0.0507. The second-order valence-corrected chi connectivity index (χ2v) is 9.04. The highest BCUT2D eigenvalue weighted by Gasteiger charge is 2.30. The van der Waals surface area contributed by atoms with E-state index < -0.39 is 17.4 Å². The molecule has 1 atom stereocenters. The predicted molar refractivity (Wildman–Crippen MR) is 126 cm³/mol. The first-order valence-electron chi connectivity index (χ1n) is 10.7. The Labute approximate surface area is 198 Å². The molecule has 176 valence electrons. The molecule has 1 aromatic carbocycles. The first kappa shape index (κ1) is 26.4. The van der Waals surface area contributed by atoms with E-state index in [4.69, 9.17) is 27.9 Å². The van der Waals surface area contributed by atoms with Crippen molar-refractivity contribution in [2.24, 2.45) is 5.92 Å². The highest BCUT2D eigenvalue weighted by molar-refractivity contribution is 6.31. The number of amides is 1. The fourth-order valence-electron chi connectivity index (χ4n) is 3.39. The maximum Gasteiger partial charge on any atom is 0.251 e. The largest absolute Gasteiger partial charge is 0.496 e. The zero-order chi connectivity index (χ0) is 23.6. The quantitative estimate of drug-likeness (QED) is 0.360. The van der Waals surface area contributed by atoms with E-state index in [9.17, 15) is 9.18 Å². The van der Waals surface area contributed by atoms with Gasteiger partial charge in [-0.05, 0) is 42.7 Å². The number of hydrogen-bond acceptors (Lipinski definition) is 3. The SMILES string of the molecule is CC(C)CC(F)(CCNC(=O)c1ccc(F)c(Cl)c1)CNCCOC1=CC=CC(Cl)=CC1. The Morgan fingerprint density at radius 2 is 2.06 bits per heavy atom. The Morgan fingerprint density at radius 3 is 2.78 bits per heavy atom. The Bertz CT molecular complexity index is 869. The number of rotatable bonds is 12. The van der Waals surface area contributed by atoms with E-state index >= 15 is 4.39 Å². The Hall–Kier alpha value is -1.89. The van der Waals surface area contributed by atoms with Crippen molar-refractivity contribution in [2.75, 3.05) is 26.2 Å². The second-order valence-electron chi connectivity index (χ2n) is 8.19. The molecule has 32 heavy (non-hydrogen) atoms. The summed E-state index contributed by atoms with van der Waals surface area (Å²) in [7, 11) is 0. The topological polar surface area (TPSA) is 50.4 Å². The van der Waals surface area contributed by atoms with Crippen LogP contribution < -0.4 is 10.6 Å². The van der Waals surface area contributed by atoms with Gasteiger partial charge in [0.2, 0.25) is 0 Å². The molecule has 0 bridgehead atoms. The van der Waals surface area contributed by atoms with Gasteiger partial charge in [-0.3, -0.25) is 4.79 Å². The van der Waals surface area contributed by atoms with Gasteiger partial charge in [0.15, 0.2) is 0 Å². The van der Waals surface area contributed by atoms with Gasteiger partial charge in [0.1, 0.15) is 18.1 Å². The van der Waals surface area contributed by atoms with Crippen LogP contribution in [0.15, 0.2) is 53.3 Å². The van der Waals surface area contributed by atoms with Gasteiger partial charge in [0.05, 0.1) is 10.8 Å². The number of hydrogen-bond donors (Lipinski definition) is 2. The maximum absolute atomic E-state index is 15.5. The van der Waals surface area contributed by atoms with E-state index in [1.54, 1.807) is 6.08 Å². The van der Waals surface area contributed by atoms with E-state index in [1.807, 2.05) is 32.1 Å². The highest BCUT2D eigenvalue weighted by Crippen LogP contribution is 2.25. The maximum atomic E-state index is 15.5. The molecule has 4 nitrogen and oxygen atoms in total. The van der Waals surface area contributed by atoms with Crippen LogP contribution in [0.25, 0.3) is 0 Å². The molecule has 1 aliphatic carbocycles. The van der Waals surface area contributed by atoms with Crippen LogP contribution in [0.2, 0.25) is 5.02 Å². The third kappa shape index (κ3) is 9.31. The number of carbonyl (C=O) groups excluding carboxylic acids is 1. The molecule has 0 aromatic heterocycles. The molecular weight excluding hydrogens is 457 g/mol. The molecule has 1 unspecified atom stereocenters. The van der Waals surface area contributed by atoms with E-state index in [1.165, 1.54) is 12.1 Å². The molecule has 0 aliphatic heterocycles. The summed E-state index contributed by atoms with van der Waals surface area (Å²) in [5, 5.41) is 6.35. The van der Waals surface area contributed by atoms with Gasteiger partial charge >= 0.3 is 0 Å². The molecule has 0 heterocycles. The van der Waals surface area contributed by atoms with Crippen molar-refractivity contribution in [3.63, 3.8) is 0 Å². The minimum Gasteiger partial charge on any atom is -0.496 e. The fraction of sp³-hybridized carbons (Fsp3) is 0.458. The average Bonchev–Trinajstić information content (AvgIpc) is 2.93. The summed E-state index contributed by atoms with van der Waals surface area (Å²) in [4.78, 5) is 12.2. The lowest BCUT2D eigenvalue weighted by Crippen LogP contribution is -2.42. The molecule has 0 spiro atoms. The molecule has 8 heteroatoms. The number of alkyl halides is 1. The second kappa shape index (κ2) is 13.0. The number of carbonyl (C=O) groups is 1. The first-order chi connectivity index (χ1) is 15.2. The monoisotopic (exact) mass is 486 g/mol. The molecule has 0 saturated heterocycles. The van der Waals surface area contributed by atoms with Gasteiger partial charge in [0, 0.05) is 43.1 Å². The number of nitrogens with one attached hydrogen (secondary N) is 2. The Kier molecular flexibility index (Phi) is 10.7. The van der Waals surface area contributed by atoms with Gasteiger partial charge in [-0.2, -0.15) is 0 Å². The zero-order valence-corrected chi connectivity index (χ0v) is 19.9. The molecule has 1 aliphatic rings. The van der Waals surface area contributed by atoms with Crippen molar-refractivity contribution in [1.29, 1.82) is 0 Å². The standard InChI is InChI=1S/C24H30Cl2F2N2O2/c1-17(2)15-24(28,10-11-30-23(31)18-6-9-22(27)21(26)14-18)16-29-12-13-32-20-5-3-4-19(25)7-8-20/h3-7,9,14,17,29H,8,10-13,15-16H2,1-2H3,(H,30,31). The predicted octanol–water partition coefficient (Wildman–Crippen LogP) is 5.93. The van der Waals surface area contributed by atoms with Crippen LogP contribution in [0.4, 0.5) is 8.78 Å². The van der Waals surface area contributed by atoms with E-state index in [0.717, 1.165) is 11.8 Å². The zero-order valence-electron chi connectivity index (χ0n) is 18.4. The van der Waals surface area contributed by atoms with Gasteiger partial charge in [0.25, 0.3) is 5.91 Å². The lowest BCUT2D eigenvalue weighted by Gasteiger charge is -2.28. The molecule has 1 amide bonds. The van der Waals surface area contributed by atoms with E-state index in [0.29, 0.717) is 31.0 Å². The molecule has 2 N–H and O–H groups in total. The Morgan fingerprint density at radius 1 is 1.28 bits per heavy atom. The minimum atomic E-state index is -1.48. The molecule has 0 radical (unpaired) electrons. The number of benzene rings is 1. The van der Waals surface area contributed by atoms with Crippen molar-refractivity contribution in [1.82, 2.24) is 10.6 Å². The van der Waals surface area contributed by atoms with Crippen LogP contribution in [0.1, 0.15) is 43.5 Å². The fourth-order valence-corrected chi connectivity index (χ4v) is 3.72. The van der Waals surface area contributed by atoms with Crippen molar-refractivity contribution >= 4 is 29.1 Å². The average molecular weight is 487 g/mol. The summed E-state index contributed by atoms with van der Waals surface area (Å²) in [6.45, 7) is 5.12. The number of halogens is 4. The third-order valence-corrected chi connectivity index (χ3v) is 5.43. The molecule has 0 fully saturated rings. The minimum absolute atomic E-state index is 0.126. The summed E-state index contributed by atoms with van der Waals surface area (Å²) in [5.41, 5.74) is -1.25. The summed E-state index contributed by atoms with van der Waals surface area (Å²) in [6.07, 6.45) is 8.48. The molecule has 0 saturated carbocycles. The lowest BCUT2D eigenvalue weighted by molar-refractivity contribution is 0.0911. The molecule has 2 rings (SSSR count). The van der Waals surface area contributed by atoms with Crippen molar-refractivity contribution in [2.45, 2.75) is 38.8 Å². The van der Waals surface area contributed by atoms with Crippen molar-refractivity contribution in [3.05, 3.63) is 69.7 Å². The summed E-state index contributed by atoms with van der Waals surface area (Å²) >= 11 is 11.7.